The van der Waals surface area contributed by atoms with Crippen molar-refractivity contribution in [2.24, 2.45) is 0 Å². The van der Waals surface area contributed by atoms with Crippen LogP contribution in [0.1, 0.15) is 26.7 Å². The summed E-state index contributed by atoms with van der Waals surface area (Å²) in [6.07, 6.45) is 2.04. The van der Waals surface area contributed by atoms with Gasteiger partial charge in [-0.25, -0.2) is 0 Å². The van der Waals surface area contributed by atoms with Crippen LogP contribution >= 0.6 is 23.2 Å². The minimum Gasteiger partial charge on any atom is -0.354 e. The highest BCUT2D eigenvalue weighted by Gasteiger charge is 2.17. The summed E-state index contributed by atoms with van der Waals surface area (Å²) in [4.78, 5) is 6.06. The molecular formula is C9H14Cl2N4. The van der Waals surface area contributed by atoms with Gasteiger partial charge in [0.05, 0.1) is 0 Å². The van der Waals surface area contributed by atoms with Gasteiger partial charge in [-0.15, -0.1) is 10.2 Å². The summed E-state index contributed by atoms with van der Waals surface area (Å²) >= 11 is 11.6. The molecule has 1 rings (SSSR count). The normalized spacial score (nSPS) is 10.8. The van der Waals surface area contributed by atoms with E-state index in [0.717, 1.165) is 12.8 Å². The van der Waals surface area contributed by atoms with Crippen molar-refractivity contribution in [3.63, 3.8) is 0 Å². The van der Waals surface area contributed by atoms with E-state index in [1.54, 1.807) is 0 Å². The van der Waals surface area contributed by atoms with Crippen molar-refractivity contribution in [1.29, 1.82) is 0 Å². The molecule has 1 aromatic heterocycles. The summed E-state index contributed by atoms with van der Waals surface area (Å²) in [6.45, 7) is 4.24. The monoisotopic (exact) mass is 248 g/mol. The molecule has 0 aliphatic carbocycles. The lowest BCUT2D eigenvalue weighted by atomic mass is 10.1. The Bertz CT molecular complexity index is 328. The van der Waals surface area contributed by atoms with Crippen molar-refractivity contribution in [2.75, 3.05) is 11.9 Å². The highest BCUT2D eigenvalue weighted by molar-refractivity contribution is 6.32. The van der Waals surface area contributed by atoms with Crippen LogP contribution < -0.4 is 4.90 Å². The minimum atomic E-state index is 0.118. The maximum absolute atomic E-state index is 5.91. The third-order valence-electron chi connectivity index (χ3n) is 2.43. The van der Waals surface area contributed by atoms with E-state index in [0.29, 0.717) is 11.9 Å². The molecule has 0 unspecified atom stereocenters. The second-order valence-corrected chi connectivity index (χ2v) is 3.97. The molecule has 84 valence electrons. The molecule has 0 aliphatic heterocycles. The molecular weight excluding hydrogens is 235 g/mol. The lowest BCUT2D eigenvalue weighted by Gasteiger charge is -2.27. The molecule has 0 aliphatic rings. The zero-order valence-electron chi connectivity index (χ0n) is 9.04. The van der Waals surface area contributed by atoms with Crippen molar-refractivity contribution in [1.82, 2.24) is 15.2 Å². The average molecular weight is 249 g/mol. The summed E-state index contributed by atoms with van der Waals surface area (Å²) in [5.41, 5.74) is 0. The highest BCUT2D eigenvalue weighted by Crippen LogP contribution is 2.23. The van der Waals surface area contributed by atoms with Crippen molar-refractivity contribution < 1.29 is 0 Å². The van der Waals surface area contributed by atoms with E-state index in [2.05, 4.69) is 29.0 Å². The van der Waals surface area contributed by atoms with E-state index >= 15 is 0 Å². The first-order chi connectivity index (χ1) is 7.10. The van der Waals surface area contributed by atoms with Gasteiger partial charge >= 0.3 is 0 Å². The van der Waals surface area contributed by atoms with Crippen LogP contribution in [0.2, 0.25) is 10.4 Å². The Balaban J connectivity index is 2.98. The second kappa shape index (κ2) is 5.47. The largest absolute Gasteiger partial charge is 0.354 e. The fourth-order valence-electron chi connectivity index (χ4n) is 1.52. The fraction of sp³-hybridized carbons (Fsp3) is 0.667. The van der Waals surface area contributed by atoms with Gasteiger partial charge in [-0.3, -0.25) is 0 Å². The average Bonchev–Trinajstić information content (AvgIpc) is 2.23. The van der Waals surface area contributed by atoms with Gasteiger partial charge in [-0.1, -0.05) is 25.4 Å². The standard InChI is InChI=1S/C9H14Cl2N4/c1-4-6(5-2)15(3)8-7(10)13-14-9(11)12-8/h6H,4-5H2,1-3H3. The maximum atomic E-state index is 5.91. The Morgan fingerprint density at radius 1 is 1.20 bits per heavy atom. The summed E-state index contributed by atoms with van der Waals surface area (Å²) in [5, 5.41) is 7.71. The summed E-state index contributed by atoms with van der Waals surface area (Å²) < 4.78 is 0. The SMILES string of the molecule is CCC(CC)N(C)c1nc(Cl)nnc1Cl. The molecule has 0 saturated heterocycles. The lowest BCUT2D eigenvalue weighted by Crippen LogP contribution is -2.31. The molecule has 1 heterocycles. The fourth-order valence-corrected chi connectivity index (χ4v) is 1.85. The van der Waals surface area contributed by atoms with Crippen LogP contribution in [0.5, 0.6) is 0 Å². The highest BCUT2D eigenvalue weighted by atomic mass is 35.5. The van der Waals surface area contributed by atoms with Crippen LogP contribution in [0.3, 0.4) is 0 Å². The molecule has 0 radical (unpaired) electrons. The van der Waals surface area contributed by atoms with Gasteiger partial charge in [0, 0.05) is 13.1 Å². The molecule has 1 aromatic rings. The van der Waals surface area contributed by atoms with Crippen molar-refractivity contribution >= 4 is 29.0 Å². The molecule has 15 heavy (non-hydrogen) atoms. The first kappa shape index (κ1) is 12.5. The van der Waals surface area contributed by atoms with Crippen molar-refractivity contribution in [2.45, 2.75) is 32.7 Å². The molecule has 6 heteroatoms. The molecule has 0 bridgehead atoms. The summed E-state index contributed by atoms with van der Waals surface area (Å²) in [7, 11) is 1.93. The first-order valence-corrected chi connectivity index (χ1v) is 5.64. The molecule has 4 nitrogen and oxygen atoms in total. The maximum Gasteiger partial charge on any atom is 0.245 e. The zero-order valence-corrected chi connectivity index (χ0v) is 10.5. The Kier molecular flexibility index (Phi) is 4.54. The number of aromatic nitrogens is 3. The summed E-state index contributed by atoms with van der Waals surface area (Å²) in [5.74, 6) is 0.588. The lowest BCUT2D eigenvalue weighted by molar-refractivity contribution is 0.585. The number of anilines is 1. The van der Waals surface area contributed by atoms with E-state index in [1.165, 1.54) is 0 Å². The van der Waals surface area contributed by atoms with Gasteiger partial charge < -0.3 is 4.90 Å². The van der Waals surface area contributed by atoms with Crippen LogP contribution in [0.4, 0.5) is 5.82 Å². The topological polar surface area (TPSA) is 41.9 Å². The van der Waals surface area contributed by atoms with Gasteiger partial charge in [0.2, 0.25) is 5.28 Å². The van der Waals surface area contributed by atoms with Crippen LogP contribution in [0.25, 0.3) is 0 Å². The molecule has 0 N–H and O–H groups in total. The molecule has 0 amide bonds. The van der Waals surface area contributed by atoms with Crippen molar-refractivity contribution in [3.05, 3.63) is 10.4 Å². The predicted molar refractivity (Wildman–Crippen MR) is 62.6 cm³/mol. The van der Waals surface area contributed by atoms with Gasteiger partial charge in [0.25, 0.3) is 0 Å². The minimum absolute atomic E-state index is 0.118. The van der Waals surface area contributed by atoms with Crippen LogP contribution in [0.15, 0.2) is 0 Å². The first-order valence-electron chi connectivity index (χ1n) is 4.88. The zero-order chi connectivity index (χ0) is 11.4. The van der Waals surface area contributed by atoms with E-state index in [-0.39, 0.29) is 10.4 Å². The van der Waals surface area contributed by atoms with E-state index in [1.807, 2.05) is 11.9 Å². The number of hydrogen-bond acceptors (Lipinski definition) is 4. The number of hydrogen-bond donors (Lipinski definition) is 0. The van der Waals surface area contributed by atoms with Gasteiger partial charge in [0.1, 0.15) is 0 Å². The van der Waals surface area contributed by atoms with Gasteiger partial charge in [0.15, 0.2) is 11.0 Å². The second-order valence-electron chi connectivity index (χ2n) is 3.28. The molecule has 0 atom stereocenters. The van der Waals surface area contributed by atoms with Crippen LogP contribution in [-0.2, 0) is 0 Å². The van der Waals surface area contributed by atoms with Crippen molar-refractivity contribution in [3.8, 4) is 0 Å². The molecule has 0 saturated carbocycles. The van der Waals surface area contributed by atoms with E-state index in [9.17, 15) is 0 Å². The summed E-state index contributed by atoms with van der Waals surface area (Å²) in [6, 6.07) is 0.385. The van der Waals surface area contributed by atoms with E-state index in [4.69, 9.17) is 23.2 Å². The Morgan fingerprint density at radius 3 is 2.33 bits per heavy atom. The quantitative estimate of drug-likeness (QED) is 0.822. The van der Waals surface area contributed by atoms with Gasteiger partial charge in [-0.2, -0.15) is 4.98 Å². The third kappa shape index (κ3) is 2.92. The van der Waals surface area contributed by atoms with Crippen LogP contribution in [0, 0.1) is 0 Å². The smallest absolute Gasteiger partial charge is 0.245 e. The molecule has 0 fully saturated rings. The number of rotatable bonds is 4. The van der Waals surface area contributed by atoms with Gasteiger partial charge in [-0.05, 0) is 24.4 Å². The third-order valence-corrected chi connectivity index (χ3v) is 2.83. The Hall–Kier alpha value is -0.610. The molecule has 0 aromatic carbocycles. The van der Waals surface area contributed by atoms with E-state index < -0.39 is 0 Å². The van der Waals surface area contributed by atoms with Crippen LogP contribution in [-0.4, -0.2) is 28.3 Å². The Morgan fingerprint density at radius 2 is 1.80 bits per heavy atom. The molecule has 0 spiro atoms. The number of nitrogens with zero attached hydrogens (tertiary/aromatic N) is 4. The Labute approximate surface area is 99.6 Å². The predicted octanol–water partition coefficient (Wildman–Crippen LogP) is 2.80. The number of halogens is 2.